The fourth-order valence-electron chi connectivity index (χ4n) is 3.05. The minimum absolute atomic E-state index is 0.0601. The molecule has 0 fully saturated rings. The Hall–Kier alpha value is -2.89. The van der Waals surface area contributed by atoms with E-state index in [1.807, 2.05) is 13.8 Å². The zero-order chi connectivity index (χ0) is 24.9. The number of aliphatic carboxylic acids is 1. The number of sulfonamides is 1. The van der Waals surface area contributed by atoms with Crippen LogP contribution in [0.2, 0.25) is 0 Å². The van der Waals surface area contributed by atoms with Crippen molar-refractivity contribution in [3.63, 3.8) is 0 Å². The van der Waals surface area contributed by atoms with Crippen molar-refractivity contribution in [3.8, 4) is 11.3 Å². The van der Waals surface area contributed by atoms with Gasteiger partial charge in [0.15, 0.2) is 0 Å². The summed E-state index contributed by atoms with van der Waals surface area (Å²) in [7, 11) is -2.33. The first-order valence-corrected chi connectivity index (χ1v) is 12.0. The summed E-state index contributed by atoms with van der Waals surface area (Å²) in [6.07, 6.45) is 0.860. The summed E-state index contributed by atoms with van der Waals surface area (Å²) in [6, 6.07) is 5.49. The summed E-state index contributed by atoms with van der Waals surface area (Å²) >= 11 is 0. The number of aromatic nitrogens is 2. The van der Waals surface area contributed by atoms with E-state index in [9.17, 15) is 27.8 Å². The van der Waals surface area contributed by atoms with E-state index in [0.717, 1.165) is 10.6 Å². The number of carboxylic acids is 1. The van der Waals surface area contributed by atoms with Gasteiger partial charge in [-0.25, -0.2) is 27.1 Å². The number of carbonyl (C=O) groups is 1. The number of aliphatic hydroxyl groups is 2. The Balaban J connectivity index is 2.61. The van der Waals surface area contributed by atoms with Gasteiger partial charge >= 0.3 is 5.97 Å². The second kappa shape index (κ2) is 10.8. The molecule has 9 nitrogen and oxygen atoms in total. The predicted molar refractivity (Wildman–Crippen MR) is 123 cm³/mol. The lowest BCUT2D eigenvalue weighted by atomic mass is 9.97. The van der Waals surface area contributed by atoms with E-state index in [0.29, 0.717) is 22.5 Å². The average Bonchev–Trinajstić information content (AvgIpc) is 2.70. The van der Waals surface area contributed by atoms with Crippen LogP contribution in [0.25, 0.3) is 17.3 Å². The van der Waals surface area contributed by atoms with Gasteiger partial charge in [-0.2, -0.15) is 0 Å². The fourth-order valence-corrected chi connectivity index (χ4v) is 3.42. The number of benzene rings is 1. The number of anilines is 1. The number of nitrogens with zero attached hydrogens (tertiary/aromatic N) is 3. The lowest BCUT2D eigenvalue weighted by Gasteiger charge is -2.20. The van der Waals surface area contributed by atoms with Crippen LogP contribution in [0.4, 0.5) is 10.3 Å². The molecule has 2 rings (SSSR count). The molecular formula is C22H28FN3O6S. The molecule has 0 aliphatic heterocycles. The molecule has 0 aliphatic rings. The number of carboxylic acid groups (broad SMARTS) is 1. The van der Waals surface area contributed by atoms with Gasteiger partial charge in [-0.3, -0.25) is 4.79 Å². The normalized spacial score (nSPS) is 13.9. The largest absolute Gasteiger partial charge is 0.481 e. The first-order chi connectivity index (χ1) is 15.3. The maximum atomic E-state index is 13.5. The van der Waals surface area contributed by atoms with Gasteiger partial charge < -0.3 is 15.3 Å². The molecule has 0 bridgehead atoms. The Morgan fingerprint density at radius 2 is 1.79 bits per heavy atom. The lowest BCUT2D eigenvalue weighted by molar-refractivity contribution is -0.139. The van der Waals surface area contributed by atoms with Gasteiger partial charge in [0, 0.05) is 24.6 Å². The maximum Gasteiger partial charge on any atom is 0.305 e. The number of aliphatic hydroxyl groups excluding tert-OH is 2. The van der Waals surface area contributed by atoms with Crippen molar-refractivity contribution in [3.05, 3.63) is 47.4 Å². The van der Waals surface area contributed by atoms with Crippen molar-refractivity contribution in [1.82, 2.24) is 9.97 Å². The van der Waals surface area contributed by atoms with Gasteiger partial charge in [0.1, 0.15) is 5.82 Å². The van der Waals surface area contributed by atoms with Gasteiger partial charge in [-0.15, -0.1) is 0 Å². The average molecular weight is 482 g/mol. The first kappa shape index (κ1) is 26.4. The minimum Gasteiger partial charge on any atom is -0.481 e. The zero-order valence-corrected chi connectivity index (χ0v) is 19.6. The molecule has 11 heteroatoms. The van der Waals surface area contributed by atoms with E-state index in [4.69, 9.17) is 5.11 Å². The van der Waals surface area contributed by atoms with Gasteiger partial charge in [0.25, 0.3) is 0 Å². The third kappa shape index (κ3) is 7.31. The van der Waals surface area contributed by atoms with Gasteiger partial charge in [-0.05, 0) is 30.2 Å². The highest BCUT2D eigenvalue weighted by molar-refractivity contribution is 7.92. The minimum atomic E-state index is -3.65. The predicted octanol–water partition coefficient (Wildman–Crippen LogP) is 2.40. The summed E-state index contributed by atoms with van der Waals surface area (Å²) in [5, 5.41) is 28.8. The molecule has 3 N–H and O–H groups in total. The summed E-state index contributed by atoms with van der Waals surface area (Å²) in [5.41, 5.74) is 1.80. The summed E-state index contributed by atoms with van der Waals surface area (Å²) in [6.45, 7) is 3.71. The number of hydrogen-bond acceptors (Lipinski definition) is 7. The van der Waals surface area contributed by atoms with Crippen molar-refractivity contribution in [2.75, 3.05) is 17.6 Å². The third-order valence-electron chi connectivity index (χ3n) is 4.82. The Bertz CT molecular complexity index is 1120. The van der Waals surface area contributed by atoms with E-state index in [2.05, 4.69) is 9.97 Å². The van der Waals surface area contributed by atoms with E-state index < -0.39 is 40.4 Å². The molecule has 1 aromatic carbocycles. The molecular weight excluding hydrogens is 453 g/mol. The number of halogens is 1. The molecule has 2 atom stereocenters. The Morgan fingerprint density at radius 1 is 1.18 bits per heavy atom. The molecule has 2 aromatic rings. The van der Waals surface area contributed by atoms with Crippen LogP contribution in [0, 0.1) is 5.82 Å². The van der Waals surface area contributed by atoms with Crippen molar-refractivity contribution in [2.24, 2.45) is 0 Å². The highest BCUT2D eigenvalue weighted by Crippen LogP contribution is 2.31. The summed E-state index contributed by atoms with van der Waals surface area (Å²) < 4.78 is 38.6. The van der Waals surface area contributed by atoms with Crippen LogP contribution in [0.1, 0.15) is 43.9 Å². The highest BCUT2D eigenvalue weighted by Gasteiger charge is 2.22. The zero-order valence-electron chi connectivity index (χ0n) is 18.8. The topological polar surface area (TPSA) is 141 Å². The Kier molecular flexibility index (Phi) is 8.64. The second-order valence-corrected chi connectivity index (χ2v) is 9.99. The van der Waals surface area contributed by atoms with Crippen molar-refractivity contribution in [1.29, 1.82) is 0 Å². The molecule has 0 spiro atoms. The maximum absolute atomic E-state index is 13.5. The molecule has 0 radical (unpaired) electrons. The SMILES string of the molecule is CC(C)c1nc(N(C)S(C)(=O)=O)nc(-c2ccc(F)cc2)c1/C=C/C(O)C[C@@H](O)CC(=O)O. The van der Waals surface area contributed by atoms with Crippen LogP contribution in [0.3, 0.4) is 0 Å². The van der Waals surface area contributed by atoms with Crippen molar-refractivity contribution >= 4 is 28.0 Å². The number of hydrogen-bond donors (Lipinski definition) is 3. The lowest BCUT2D eigenvalue weighted by Crippen LogP contribution is -2.27. The third-order valence-corrected chi connectivity index (χ3v) is 5.97. The molecule has 33 heavy (non-hydrogen) atoms. The van der Waals surface area contributed by atoms with Crippen LogP contribution in [0.5, 0.6) is 0 Å². The fraction of sp³-hybridized carbons (Fsp3) is 0.409. The van der Waals surface area contributed by atoms with Crippen molar-refractivity contribution in [2.45, 2.75) is 44.8 Å². The monoisotopic (exact) mass is 481 g/mol. The smallest absolute Gasteiger partial charge is 0.305 e. The standard InChI is InChI=1S/C22H28FN3O6S/c1-13(2)20-18(10-9-16(27)11-17(28)12-19(29)30)21(14-5-7-15(23)8-6-14)25-22(24-20)26(3)33(4,31)32/h5-10,13,16-17,27-28H,11-12H2,1-4H3,(H,29,30)/b10-9+/t16?,17-/m1/s1. The molecule has 0 aliphatic carbocycles. The van der Waals surface area contributed by atoms with Crippen LogP contribution < -0.4 is 4.31 Å². The molecule has 0 saturated heterocycles. The van der Waals surface area contributed by atoms with Gasteiger partial charge in [-0.1, -0.05) is 26.0 Å². The second-order valence-electron chi connectivity index (χ2n) is 7.98. The Labute approximate surface area is 192 Å². The van der Waals surface area contributed by atoms with Crippen LogP contribution >= 0.6 is 0 Å². The number of rotatable bonds is 10. The van der Waals surface area contributed by atoms with Crippen molar-refractivity contribution < 1.29 is 32.9 Å². The summed E-state index contributed by atoms with van der Waals surface area (Å²) in [5.74, 6) is -1.87. The van der Waals surface area contributed by atoms with E-state index in [1.54, 1.807) is 0 Å². The van der Waals surface area contributed by atoms with Gasteiger partial charge in [0.2, 0.25) is 16.0 Å². The molecule has 180 valence electrons. The van der Waals surface area contributed by atoms with E-state index in [1.165, 1.54) is 43.5 Å². The highest BCUT2D eigenvalue weighted by atomic mass is 32.2. The first-order valence-electron chi connectivity index (χ1n) is 10.2. The molecule has 1 unspecified atom stereocenters. The van der Waals surface area contributed by atoms with Crippen LogP contribution in [-0.4, -0.2) is 65.2 Å². The molecule has 1 heterocycles. The molecule has 0 amide bonds. The van der Waals surface area contributed by atoms with Crippen LogP contribution in [0.15, 0.2) is 30.3 Å². The van der Waals surface area contributed by atoms with Crippen LogP contribution in [-0.2, 0) is 14.8 Å². The molecule has 1 aromatic heterocycles. The van der Waals surface area contributed by atoms with Gasteiger partial charge in [0.05, 0.1) is 36.3 Å². The quantitative estimate of drug-likeness (QED) is 0.470. The molecule has 0 saturated carbocycles. The summed E-state index contributed by atoms with van der Waals surface area (Å²) in [4.78, 5) is 19.6. The van der Waals surface area contributed by atoms with E-state index in [-0.39, 0.29) is 18.3 Å². The Morgan fingerprint density at radius 3 is 2.30 bits per heavy atom. The van der Waals surface area contributed by atoms with E-state index >= 15 is 0 Å².